The van der Waals surface area contributed by atoms with Gasteiger partial charge >= 0.3 is 0 Å². The molecule has 3 aromatic rings. The Balaban J connectivity index is 1.42. The number of benzene rings is 2. The Labute approximate surface area is 185 Å². The van der Waals surface area contributed by atoms with Crippen molar-refractivity contribution in [2.24, 2.45) is 5.16 Å². The molecule has 1 unspecified atom stereocenters. The molecule has 160 valence electrons. The van der Waals surface area contributed by atoms with Crippen LogP contribution in [0, 0.1) is 13.8 Å². The van der Waals surface area contributed by atoms with Crippen LogP contribution in [0.4, 0.5) is 5.69 Å². The molecular weight excluding hydrogens is 416 g/mol. The largest absolute Gasteiger partial charge is 0.497 e. The number of rotatable bonds is 6. The van der Waals surface area contributed by atoms with Gasteiger partial charge < -0.3 is 14.9 Å². The lowest BCUT2D eigenvalue weighted by Crippen LogP contribution is -2.28. The van der Waals surface area contributed by atoms with Crippen LogP contribution in [0.25, 0.3) is 0 Å². The van der Waals surface area contributed by atoms with Gasteiger partial charge in [-0.15, -0.1) is 0 Å². The van der Waals surface area contributed by atoms with E-state index in [1.807, 2.05) is 67.1 Å². The lowest BCUT2D eigenvalue weighted by Gasteiger charge is -2.10. The number of aryl methyl sites for hydroxylation is 1. The first-order chi connectivity index (χ1) is 14.9. The number of nitrogens with one attached hydrogen (secondary N) is 1. The topological polar surface area (TPSA) is 77.7 Å². The third-order valence-electron chi connectivity index (χ3n) is 5.24. The molecule has 1 aliphatic heterocycles. The fourth-order valence-corrected chi connectivity index (χ4v) is 3.73. The highest BCUT2D eigenvalue weighted by atomic mass is 35.5. The molecule has 1 amide bonds. The van der Waals surface area contributed by atoms with Gasteiger partial charge in [0.2, 0.25) is 6.10 Å². The molecule has 1 aromatic heterocycles. The first kappa shape index (κ1) is 20.9. The number of halogens is 1. The van der Waals surface area contributed by atoms with Crippen molar-refractivity contribution in [3.05, 3.63) is 76.1 Å². The average Bonchev–Trinajstić information content (AvgIpc) is 3.35. The second-order valence-corrected chi connectivity index (χ2v) is 7.82. The molecule has 7 nitrogen and oxygen atoms in total. The van der Waals surface area contributed by atoms with Crippen molar-refractivity contribution in [1.82, 2.24) is 9.78 Å². The zero-order valence-corrected chi connectivity index (χ0v) is 18.3. The van der Waals surface area contributed by atoms with E-state index in [9.17, 15) is 4.79 Å². The van der Waals surface area contributed by atoms with Crippen molar-refractivity contribution >= 4 is 28.9 Å². The maximum atomic E-state index is 12.8. The lowest BCUT2D eigenvalue weighted by atomic mass is 10.0. The Morgan fingerprint density at radius 2 is 2.03 bits per heavy atom. The minimum Gasteiger partial charge on any atom is -0.497 e. The van der Waals surface area contributed by atoms with Gasteiger partial charge in [0.15, 0.2) is 0 Å². The highest BCUT2D eigenvalue weighted by Gasteiger charge is 2.30. The minimum atomic E-state index is -0.688. The molecule has 1 N–H and O–H groups in total. The summed E-state index contributed by atoms with van der Waals surface area (Å²) in [4.78, 5) is 18.2. The molecule has 0 bridgehead atoms. The van der Waals surface area contributed by atoms with Gasteiger partial charge in [-0.2, -0.15) is 5.10 Å². The average molecular weight is 439 g/mol. The summed E-state index contributed by atoms with van der Waals surface area (Å²) in [5.74, 6) is 0.513. The van der Waals surface area contributed by atoms with Gasteiger partial charge in [-0.3, -0.25) is 9.48 Å². The van der Waals surface area contributed by atoms with Crippen LogP contribution in [0.2, 0.25) is 5.02 Å². The van der Waals surface area contributed by atoms with E-state index >= 15 is 0 Å². The lowest BCUT2D eigenvalue weighted by molar-refractivity contribution is -0.125. The molecular formula is C23H23ClN4O3. The van der Waals surface area contributed by atoms with Crippen LogP contribution >= 0.6 is 11.6 Å². The summed E-state index contributed by atoms with van der Waals surface area (Å²) in [6.45, 7) is 4.36. The summed E-state index contributed by atoms with van der Waals surface area (Å²) >= 11 is 6.08. The molecule has 2 aromatic carbocycles. The van der Waals surface area contributed by atoms with Gasteiger partial charge in [-0.25, -0.2) is 0 Å². The van der Waals surface area contributed by atoms with Crippen molar-refractivity contribution in [2.75, 3.05) is 12.4 Å². The Morgan fingerprint density at radius 1 is 1.26 bits per heavy atom. The summed E-state index contributed by atoms with van der Waals surface area (Å²) in [6.07, 6.45) is -0.292. The second-order valence-electron chi connectivity index (χ2n) is 7.39. The van der Waals surface area contributed by atoms with E-state index in [2.05, 4.69) is 15.6 Å². The van der Waals surface area contributed by atoms with Gasteiger partial charge in [0.1, 0.15) is 5.75 Å². The first-order valence-electron chi connectivity index (χ1n) is 9.91. The van der Waals surface area contributed by atoms with Crippen LogP contribution in [0.1, 0.15) is 28.9 Å². The van der Waals surface area contributed by atoms with Gasteiger partial charge in [0.25, 0.3) is 5.91 Å². The summed E-state index contributed by atoms with van der Waals surface area (Å²) in [7, 11) is 1.62. The molecule has 8 heteroatoms. The van der Waals surface area contributed by atoms with Crippen molar-refractivity contribution in [2.45, 2.75) is 32.9 Å². The van der Waals surface area contributed by atoms with Gasteiger partial charge in [0, 0.05) is 11.4 Å². The Kier molecular flexibility index (Phi) is 5.95. The number of oxime groups is 1. The highest BCUT2D eigenvalue weighted by molar-refractivity contribution is 6.30. The number of carbonyl (C=O) groups is 1. The van der Waals surface area contributed by atoms with Crippen molar-refractivity contribution < 1.29 is 14.4 Å². The third kappa shape index (κ3) is 4.56. The molecule has 4 rings (SSSR count). The predicted molar refractivity (Wildman–Crippen MR) is 120 cm³/mol. The number of hydrogen-bond acceptors (Lipinski definition) is 5. The minimum absolute atomic E-state index is 0.249. The van der Waals surface area contributed by atoms with E-state index in [-0.39, 0.29) is 5.91 Å². The number of nitrogens with zero attached hydrogens (tertiary/aromatic N) is 3. The number of methoxy groups -OCH3 is 1. The number of ether oxygens (including phenoxy) is 1. The molecule has 0 spiro atoms. The monoisotopic (exact) mass is 438 g/mol. The number of aromatic nitrogens is 2. The maximum Gasteiger partial charge on any atom is 0.268 e. The van der Waals surface area contributed by atoms with E-state index in [1.54, 1.807) is 7.11 Å². The van der Waals surface area contributed by atoms with E-state index in [0.717, 1.165) is 34.0 Å². The van der Waals surface area contributed by atoms with Gasteiger partial charge in [0.05, 0.1) is 36.4 Å². The normalized spacial score (nSPS) is 15.4. The smallest absolute Gasteiger partial charge is 0.268 e. The first-order valence-corrected chi connectivity index (χ1v) is 10.3. The molecule has 2 heterocycles. The molecule has 31 heavy (non-hydrogen) atoms. The van der Waals surface area contributed by atoms with Crippen LogP contribution in [-0.4, -0.2) is 34.6 Å². The molecule has 0 aliphatic carbocycles. The summed E-state index contributed by atoms with van der Waals surface area (Å²) in [6, 6.07) is 15.1. The number of amides is 1. The maximum absolute atomic E-state index is 12.8. The van der Waals surface area contributed by atoms with Gasteiger partial charge in [-0.1, -0.05) is 28.9 Å². The molecule has 0 radical (unpaired) electrons. The van der Waals surface area contributed by atoms with Crippen molar-refractivity contribution in [1.29, 1.82) is 0 Å². The van der Waals surface area contributed by atoms with E-state index in [1.165, 1.54) is 0 Å². The molecule has 0 saturated carbocycles. The van der Waals surface area contributed by atoms with E-state index < -0.39 is 6.10 Å². The Bertz CT molecular complexity index is 1140. The third-order valence-corrected chi connectivity index (χ3v) is 5.47. The fraction of sp³-hybridized carbons (Fsp3) is 0.261. The van der Waals surface area contributed by atoms with Crippen LogP contribution < -0.4 is 10.1 Å². The van der Waals surface area contributed by atoms with E-state index in [0.29, 0.717) is 23.7 Å². The fourth-order valence-electron chi connectivity index (χ4n) is 3.52. The molecule has 1 atom stereocenters. The second kappa shape index (κ2) is 8.81. The quantitative estimate of drug-likeness (QED) is 0.621. The van der Waals surface area contributed by atoms with E-state index in [4.69, 9.17) is 21.2 Å². The standard InChI is InChI=1S/C23H23ClN4O3/c1-14-22(15(2)28(26-14)13-16-5-4-6-18(24)11-16)25-23(29)21-12-20(27-31-21)17-7-9-19(30-3)10-8-17/h4-11,21H,12-13H2,1-3H3,(H,25,29). The molecule has 0 saturated heterocycles. The summed E-state index contributed by atoms with van der Waals surface area (Å²) in [5, 5.41) is 12.3. The van der Waals surface area contributed by atoms with Crippen molar-refractivity contribution in [3.63, 3.8) is 0 Å². The SMILES string of the molecule is COc1ccc(C2=NOC(C(=O)Nc3c(C)nn(Cc4cccc(Cl)c4)c3C)C2)cc1. The Morgan fingerprint density at radius 3 is 2.74 bits per heavy atom. The number of anilines is 1. The number of hydrogen-bond donors (Lipinski definition) is 1. The molecule has 1 aliphatic rings. The Hall–Kier alpha value is -3.32. The van der Waals surface area contributed by atoms with Crippen LogP contribution in [-0.2, 0) is 16.2 Å². The number of carbonyl (C=O) groups excluding carboxylic acids is 1. The van der Waals surface area contributed by atoms with Crippen LogP contribution in [0.15, 0.2) is 53.7 Å². The van der Waals surface area contributed by atoms with Crippen molar-refractivity contribution in [3.8, 4) is 5.75 Å². The zero-order valence-electron chi connectivity index (χ0n) is 17.6. The summed E-state index contributed by atoms with van der Waals surface area (Å²) in [5.41, 5.74) is 4.95. The summed E-state index contributed by atoms with van der Waals surface area (Å²) < 4.78 is 7.03. The van der Waals surface area contributed by atoms with Gasteiger partial charge in [-0.05, 0) is 61.4 Å². The van der Waals surface area contributed by atoms with Crippen LogP contribution in [0.5, 0.6) is 5.75 Å². The molecule has 0 fully saturated rings. The predicted octanol–water partition coefficient (Wildman–Crippen LogP) is 4.34. The zero-order chi connectivity index (χ0) is 22.0. The van der Waals surface area contributed by atoms with Crippen LogP contribution in [0.3, 0.4) is 0 Å². The highest BCUT2D eigenvalue weighted by Crippen LogP contribution is 2.24.